The van der Waals surface area contributed by atoms with E-state index >= 15 is 0 Å². The van der Waals surface area contributed by atoms with Crippen LogP contribution in [-0.2, 0) is 14.8 Å². The second-order valence-corrected chi connectivity index (χ2v) is 7.33. The number of nitrogens with one attached hydrogen (secondary N) is 1. The minimum Gasteiger partial charge on any atom is -0.353 e. The Morgan fingerprint density at radius 3 is 2.52 bits per heavy atom. The van der Waals surface area contributed by atoms with Crippen LogP contribution < -0.4 is 5.32 Å². The Bertz CT molecular complexity index is 952. The summed E-state index contributed by atoms with van der Waals surface area (Å²) in [6.07, 6.45) is 0. The van der Waals surface area contributed by atoms with E-state index < -0.39 is 27.8 Å². The van der Waals surface area contributed by atoms with Crippen molar-refractivity contribution in [1.29, 1.82) is 5.26 Å². The van der Waals surface area contributed by atoms with Crippen LogP contribution in [0.2, 0.25) is 0 Å². The van der Waals surface area contributed by atoms with Crippen LogP contribution in [0.25, 0.3) is 0 Å². The molecule has 0 spiro atoms. The largest absolute Gasteiger partial charge is 0.353 e. The number of piperazine rings is 1. The number of sulfonamides is 1. The van der Waals surface area contributed by atoms with E-state index in [0.717, 1.165) is 4.31 Å². The second kappa shape index (κ2) is 6.63. The highest BCUT2D eigenvalue weighted by Crippen LogP contribution is 2.30. The zero-order chi connectivity index (χ0) is 18.0. The molecule has 1 atom stereocenters. The zero-order valence-corrected chi connectivity index (χ0v) is 13.8. The molecule has 128 valence electrons. The van der Waals surface area contributed by atoms with Gasteiger partial charge in [0.25, 0.3) is 0 Å². The van der Waals surface area contributed by atoms with Crippen LogP contribution in [0.15, 0.2) is 53.4 Å². The van der Waals surface area contributed by atoms with E-state index in [2.05, 4.69) is 5.32 Å². The first-order valence-corrected chi connectivity index (χ1v) is 8.93. The van der Waals surface area contributed by atoms with Gasteiger partial charge < -0.3 is 5.32 Å². The van der Waals surface area contributed by atoms with Gasteiger partial charge in [-0.05, 0) is 29.8 Å². The fourth-order valence-electron chi connectivity index (χ4n) is 2.78. The Kier molecular flexibility index (Phi) is 4.53. The summed E-state index contributed by atoms with van der Waals surface area (Å²) in [5.74, 6) is -0.972. The second-order valence-electron chi connectivity index (χ2n) is 5.47. The minimum absolute atomic E-state index is 0.00587. The lowest BCUT2D eigenvalue weighted by atomic mass is 10.0. The molecule has 0 bridgehead atoms. The molecule has 6 nitrogen and oxygen atoms in total. The molecule has 0 radical (unpaired) electrons. The third-order valence-corrected chi connectivity index (χ3v) is 5.87. The molecule has 1 N–H and O–H groups in total. The van der Waals surface area contributed by atoms with Crippen molar-refractivity contribution < 1.29 is 17.6 Å². The fourth-order valence-corrected chi connectivity index (χ4v) is 4.50. The molecular weight excluding hydrogens is 345 g/mol. The van der Waals surface area contributed by atoms with E-state index in [-0.39, 0.29) is 23.5 Å². The monoisotopic (exact) mass is 359 g/mol. The lowest BCUT2D eigenvalue weighted by molar-refractivity contribution is -0.126. The molecular formula is C17H14FN3O3S. The number of carbonyl (C=O) groups excluding carboxylic acids is 1. The molecule has 1 heterocycles. The van der Waals surface area contributed by atoms with E-state index in [1.807, 2.05) is 6.07 Å². The average molecular weight is 359 g/mol. The van der Waals surface area contributed by atoms with Gasteiger partial charge in [0, 0.05) is 13.1 Å². The Labute approximate surface area is 144 Å². The minimum atomic E-state index is -4.09. The number of hydrogen-bond acceptors (Lipinski definition) is 4. The summed E-state index contributed by atoms with van der Waals surface area (Å²) in [7, 11) is -4.09. The Morgan fingerprint density at radius 2 is 1.84 bits per heavy atom. The smallest absolute Gasteiger partial charge is 0.245 e. The Morgan fingerprint density at radius 1 is 1.16 bits per heavy atom. The Balaban J connectivity index is 2.10. The third-order valence-electron chi connectivity index (χ3n) is 3.95. The average Bonchev–Trinajstić information content (AvgIpc) is 2.62. The number of rotatable bonds is 3. The lowest BCUT2D eigenvalue weighted by Gasteiger charge is -2.34. The first kappa shape index (κ1) is 17.1. The van der Waals surface area contributed by atoms with Gasteiger partial charge in [0.2, 0.25) is 15.9 Å². The number of nitriles is 1. The maximum absolute atomic E-state index is 13.2. The van der Waals surface area contributed by atoms with Gasteiger partial charge in [0.15, 0.2) is 0 Å². The lowest BCUT2D eigenvalue weighted by Crippen LogP contribution is -2.52. The first-order valence-electron chi connectivity index (χ1n) is 7.49. The fraction of sp³-hybridized carbons (Fsp3) is 0.176. The highest BCUT2D eigenvalue weighted by atomic mass is 32.2. The van der Waals surface area contributed by atoms with Crippen LogP contribution in [0, 0.1) is 17.1 Å². The Hall–Kier alpha value is -2.76. The predicted octanol–water partition coefficient (Wildman–Crippen LogP) is 1.56. The van der Waals surface area contributed by atoms with Crippen molar-refractivity contribution in [3.8, 4) is 6.07 Å². The van der Waals surface area contributed by atoms with Gasteiger partial charge in [-0.1, -0.05) is 24.3 Å². The van der Waals surface area contributed by atoms with Crippen LogP contribution in [0.3, 0.4) is 0 Å². The maximum Gasteiger partial charge on any atom is 0.245 e. The van der Waals surface area contributed by atoms with E-state index in [4.69, 9.17) is 0 Å². The molecule has 1 saturated heterocycles. The number of benzene rings is 2. The standard InChI is InChI=1S/C17H14FN3O3S/c18-14-7-5-12(6-8-14)16-17(22)20-9-10-21(16)25(23,24)15-4-2-1-3-13(15)11-19/h1-8,16H,9-10H2,(H,20,22). The maximum atomic E-state index is 13.2. The number of hydrogen-bond donors (Lipinski definition) is 1. The zero-order valence-electron chi connectivity index (χ0n) is 13.0. The van der Waals surface area contributed by atoms with Crippen molar-refractivity contribution in [2.24, 2.45) is 0 Å². The van der Waals surface area contributed by atoms with Crippen LogP contribution >= 0.6 is 0 Å². The molecule has 3 rings (SSSR count). The van der Waals surface area contributed by atoms with Crippen molar-refractivity contribution in [3.05, 3.63) is 65.5 Å². The number of carbonyl (C=O) groups is 1. The van der Waals surface area contributed by atoms with Gasteiger partial charge in [-0.25, -0.2) is 12.8 Å². The summed E-state index contributed by atoms with van der Waals surface area (Å²) in [6, 6.07) is 11.7. The van der Waals surface area contributed by atoms with Crippen molar-refractivity contribution in [2.45, 2.75) is 10.9 Å². The topological polar surface area (TPSA) is 90.3 Å². The molecule has 1 aliphatic heterocycles. The van der Waals surface area contributed by atoms with Gasteiger partial charge in [-0.3, -0.25) is 4.79 Å². The van der Waals surface area contributed by atoms with Crippen LogP contribution in [0.4, 0.5) is 4.39 Å². The molecule has 0 saturated carbocycles. The van der Waals surface area contributed by atoms with Crippen molar-refractivity contribution in [1.82, 2.24) is 9.62 Å². The first-order chi connectivity index (χ1) is 11.9. The summed E-state index contributed by atoms with van der Waals surface area (Å²) >= 11 is 0. The third kappa shape index (κ3) is 3.12. The summed E-state index contributed by atoms with van der Waals surface area (Å²) < 4.78 is 40.4. The molecule has 1 fully saturated rings. The van der Waals surface area contributed by atoms with Crippen LogP contribution in [0.1, 0.15) is 17.2 Å². The summed E-state index contributed by atoms with van der Waals surface area (Å²) in [5, 5.41) is 11.8. The number of halogens is 1. The summed E-state index contributed by atoms with van der Waals surface area (Å²) in [6.45, 7) is 0.209. The van der Waals surface area contributed by atoms with Gasteiger partial charge in [-0.15, -0.1) is 0 Å². The number of nitrogens with zero attached hydrogens (tertiary/aromatic N) is 2. The van der Waals surface area contributed by atoms with E-state index in [9.17, 15) is 22.9 Å². The summed E-state index contributed by atoms with van der Waals surface area (Å²) in [5.41, 5.74) is 0.364. The van der Waals surface area contributed by atoms with Gasteiger partial charge in [0.1, 0.15) is 17.9 Å². The molecule has 1 amide bonds. The molecule has 0 aromatic heterocycles. The number of amides is 1. The predicted molar refractivity (Wildman–Crippen MR) is 87.2 cm³/mol. The molecule has 1 aliphatic rings. The molecule has 25 heavy (non-hydrogen) atoms. The molecule has 8 heteroatoms. The van der Waals surface area contributed by atoms with Crippen molar-refractivity contribution in [3.63, 3.8) is 0 Å². The van der Waals surface area contributed by atoms with Crippen LogP contribution in [0.5, 0.6) is 0 Å². The highest BCUT2D eigenvalue weighted by Gasteiger charge is 2.40. The van der Waals surface area contributed by atoms with Gasteiger partial charge >= 0.3 is 0 Å². The normalized spacial score (nSPS) is 18.4. The quantitative estimate of drug-likeness (QED) is 0.900. The van der Waals surface area contributed by atoms with Crippen molar-refractivity contribution >= 4 is 15.9 Å². The molecule has 1 unspecified atom stereocenters. The van der Waals surface area contributed by atoms with Gasteiger partial charge in [-0.2, -0.15) is 9.57 Å². The highest BCUT2D eigenvalue weighted by molar-refractivity contribution is 7.89. The van der Waals surface area contributed by atoms with Gasteiger partial charge in [0.05, 0.1) is 10.5 Å². The van der Waals surface area contributed by atoms with E-state index in [1.165, 1.54) is 42.5 Å². The van der Waals surface area contributed by atoms with Crippen molar-refractivity contribution in [2.75, 3.05) is 13.1 Å². The SMILES string of the molecule is N#Cc1ccccc1S(=O)(=O)N1CCNC(=O)C1c1ccc(F)cc1. The molecule has 2 aromatic rings. The van der Waals surface area contributed by atoms with Crippen LogP contribution in [-0.4, -0.2) is 31.7 Å². The summed E-state index contributed by atoms with van der Waals surface area (Å²) in [4.78, 5) is 12.2. The molecule has 2 aromatic carbocycles. The van der Waals surface area contributed by atoms with E-state index in [1.54, 1.807) is 6.07 Å². The molecule has 0 aliphatic carbocycles. The van der Waals surface area contributed by atoms with E-state index in [0.29, 0.717) is 5.56 Å².